The summed E-state index contributed by atoms with van der Waals surface area (Å²) in [5, 5.41) is 5.62. The van der Waals surface area contributed by atoms with Crippen molar-refractivity contribution in [3.8, 4) is 11.5 Å². The number of likely N-dealkylation sites (tertiary alicyclic amines) is 1. The maximum absolute atomic E-state index is 12.5. The van der Waals surface area contributed by atoms with Crippen molar-refractivity contribution < 1.29 is 19.1 Å². The molecule has 7 nitrogen and oxygen atoms in total. The normalized spacial score (nSPS) is 16.0. The quantitative estimate of drug-likeness (QED) is 0.645. The largest absolute Gasteiger partial charge is 0.497 e. The molecule has 3 rings (SSSR count). The Bertz CT molecular complexity index is 915. The summed E-state index contributed by atoms with van der Waals surface area (Å²) < 4.78 is 10.8. The topological polar surface area (TPSA) is 79.9 Å². The van der Waals surface area contributed by atoms with Gasteiger partial charge >= 0.3 is 0 Å². The molecular formula is C24H31N3O4. The average Bonchev–Trinajstić information content (AvgIpc) is 3.25. The van der Waals surface area contributed by atoms with Crippen molar-refractivity contribution in [2.75, 3.05) is 39.2 Å². The van der Waals surface area contributed by atoms with Crippen LogP contribution in [0.4, 0.5) is 5.69 Å². The van der Waals surface area contributed by atoms with E-state index >= 15 is 0 Å². The SMILES string of the molecule is CCc1ccccc1NC(=O)CNC(=O)CN1CCC[C@H]1c1ccc(OC)cc1OC. The van der Waals surface area contributed by atoms with Crippen LogP contribution in [0.5, 0.6) is 11.5 Å². The molecule has 0 aliphatic carbocycles. The van der Waals surface area contributed by atoms with Crippen molar-refractivity contribution in [2.24, 2.45) is 0 Å². The highest BCUT2D eigenvalue weighted by Gasteiger charge is 2.30. The summed E-state index contributed by atoms with van der Waals surface area (Å²) in [4.78, 5) is 26.9. The fraction of sp³-hybridized carbons (Fsp3) is 0.417. The van der Waals surface area contributed by atoms with Crippen molar-refractivity contribution in [2.45, 2.75) is 32.2 Å². The van der Waals surface area contributed by atoms with E-state index in [0.29, 0.717) is 0 Å². The lowest BCUT2D eigenvalue weighted by molar-refractivity contribution is -0.125. The Morgan fingerprint density at radius 1 is 1.10 bits per heavy atom. The molecule has 0 bridgehead atoms. The zero-order chi connectivity index (χ0) is 22.2. The van der Waals surface area contributed by atoms with E-state index in [0.717, 1.165) is 54.1 Å². The van der Waals surface area contributed by atoms with Crippen molar-refractivity contribution in [1.29, 1.82) is 0 Å². The molecule has 0 spiro atoms. The standard InChI is InChI=1S/C24H31N3O4/c1-4-17-8-5-6-9-20(17)26-23(28)15-25-24(29)16-27-13-7-10-21(27)19-12-11-18(30-2)14-22(19)31-3/h5-6,8-9,11-12,14,21H,4,7,10,13,15-16H2,1-3H3,(H,25,29)(H,26,28)/t21-/m0/s1. The van der Waals surface area contributed by atoms with E-state index in [1.165, 1.54) is 0 Å². The second-order valence-corrected chi connectivity index (χ2v) is 7.57. The minimum atomic E-state index is -0.232. The monoisotopic (exact) mass is 425 g/mol. The van der Waals surface area contributed by atoms with Crippen LogP contribution in [0.15, 0.2) is 42.5 Å². The van der Waals surface area contributed by atoms with Crippen molar-refractivity contribution >= 4 is 17.5 Å². The van der Waals surface area contributed by atoms with Gasteiger partial charge in [-0.15, -0.1) is 0 Å². The van der Waals surface area contributed by atoms with Gasteiger partial charge in [0.25, 0.3) is 0 Å². The molecule has 2 amide bonds. The second-order valence-electron chi connectivity index (χ2n) is 7.57. The number of nitrogens with one attached hydrogen (secondary N) is 2. The smallest absolute Gasteiger partial charge is 0.243 e. The van der Waals surface area contributed by atoms with Gasteiger partial charge in [0.1, 0.15) is 11.5 Å². The van der Waals surface area contributed by atoms with Crippen LogP contribution in [-0.4, -0.2) is 50.6 Å². The molecule has 1 fully saturated rings. The van der Waals surface area contributed by atoms with Gasteiger partial charge in [-0.2, -0.15) is 0 Å². The fourth-order valence-corrected chi connectivity index (χ4v) is 4.03. The predicted octanol–water partition coefficient (Wildman–Crippen LogP) is 3.16. The molecule has 0 radical (unpaired) electrons. The number of benzene rings is 2. The Kier molecular flexibility index (Phi) is 7.89. The number of carbonyl (C=O) groups is 2. The molecule has 0 saturated carbocycles. The maximum Gasteiger partial charge on any atom is 0.243 e. The molecule has 0 aromatic heterocycles. The minimum Gasteiger partial charge on any atom is -0.497 e. The van der Waals surface area contributed by atoms with Crippen LogP contribution in [0.3, 0.4) is 0 Å². The Labute approximate surface area is 183 Å². The van der Waals surface area contributed by atoms with Gasteiger partial charge < -0.3 is 20.1 Å². The number of carbonyl (C=O) groups excluding carboxylic acids is 2. The number of para-hydroxylation sites is 1. The van der Waals surface area contributed by atoms with Crippen molar-refractivity contribution in [1.82, 2.24) is 10.2 Å². The van der Waals surface area contributed by atoms with Crippen LogP contribution in [0, 0.1) is 0 Å². The lowest BCUT2D eigenvalue weighted by atomic mass is 10.0. The molecule has 1 aliphatic rings. The highest BCUT2D eigenvalue weighted by Crippen LogP contribution is 2.38. The van der Waals surface area contributed by atoms with Crippen LogP contribution >= 0.6 is 0 Å². The molecular weight excluding hydrogens is 394 g/mol. The second kappa shape index (κ2) is 10.8. The summed E-state index contributed by atoms with van der Waals surface area (Å²) in [6, 6.07) is 13.5. The molecule has 1 saturated heterocycles. The number of methoxy groups -OCH3 is 2. The highest BCUT2D eigenvalue weighted by molar-refractivity contribution is 5.95. The van der Waals surface area contributed by atoms with Crippen LogP contribution in [0.2, 0.25) is 0 Å². The predicted molar refractivity (Wildman–Crippen MR) is 121 cm³/mol. The minimum absolute atomic E-state index is 0.0543. The third-order valence-electron chi connectivity index (χ3n) is 5.63. The van der Waals surface area contributed by atoms with Gasteiger partial charge in [-0.05, 0) is 43.5 Å². The first-order valence-corrected chi connectivity index (χ1v) is 10.7. The van der Waals surface area contributed by atoms with E-state index < -0.39 is 0 Å². The third kappa shape index (κ3) is 5.76. The third-order valence-corrected chi connectivity index (χ3v) is 5.63. The lowest BCUT2D eigenvalue weighted by Crippen LogP contribution is -2.40. The van der Waals surface area contributed by atoms with Crippen LogP contribution < -0.4 is 20.1 Å². The van der Waals surface area contributed by atoms with Gasteiger partial charge in [0.05, 0.1) is 27.3 Å². The first kappa shape index (κ1) is 22.6. The summed E-state index contributed by atoms with van der Waals surface area (Å²) in [6.45, 7) is 3.04. The summed E-state index contributed by atoms with van der Waals surface area (Å²) in [6.07, 6.45) is 2.78. The van der Waals surface area contributed by atoms with E-state index in [1.54, 1.807) is 14.2 Å². The van der Waals surface area contributed by atoms with Gasteiger partial charge in [0.2, 0.25) is 11.8 Å². The summed E-state index contributed by atoms with van der Waals surface area (Å²) in [7, 11) is 3.26. The van der Waals surface area contributed by atoms with Crippen LogP contribution in [0.25, 0.3) is 0 Å². The number of nitrogens with zero attached hydrogens (tertiary/aromatic N) is 1. The van der Waals surface area contributed by atoms with E-state index in [1.807, 2.05) is 49.4 Å². The fourth-order valence-electron chi connectivity index (χ4n) is 4.03. The molecule has 0 unspecified atom stereocenters. The zero-order valence-electron chi connectivity index (χ0n) is 18.4. The van der Waals surface area contributed by atoms with Gasteiger partial charge in [0, 0.05) is 23.4 Å². The molecule has 2 aromatic carbocycles. The molecule has 2 N–H and O–H groups in total. The summed E-state index contributed by atoms with van der Waals surface area (Å²) >= 11 is 0. The van der Waals surface area contributed by atoms with E-state index in [-0.39, 0.29) is 30.9 Å². The molecule has 7 heteroatoms. The zero-order valence-corrected chi connectivity index (χ0v) is 18.4. The molecule has 2 aromatic rings. The van der Waals surface area contributed by atoms with Crippen molar-refractivity contribution in [3.05, 3.63) is 53.6 Å². The number of ether oxygens (including phenoxy) is 2. The molecule has 1 atom stereocenters. The lowest BCUT2D eigenvalue weighted by Gasteiger charge is -2.25. The van der Waals surface area contributed by atoms with Crippen LogP contribution in [0.1, 0.15) is 36.9 Å². The Morgan fingerprint density at radius 3 is 2.65 bits per heavy atom. The summed E-state index contributed by atoms with van der Waals surface area (Å²) in [5.74, 6) is 1.09. The average molecular weight is 426 g/mol. The number of rotatable bonds is 9. The van der Waals surface area contributed by atoms with Gasteiger partial charge in [-0.1, -0.05) is 31.2 Å². The number of anilines is 1. The number of hydrogen-bond acceptors (Lipinski definition) is 5. The summed E-state index contributed by atoms with van der Waals surface area (Å²) in [5.41, 5.74) is 2.90. The molecule has 1 heterocycles. The maximum atomic E-state index is 12.5. The first-order chi connectivity index (χ1) is 15.0. The van der Waals surface area contributed by atoms with Crippen molar-refractivity contribution in [3.63, 3.8) is 0 Å². The molecule has 31 heavy (non-hydrogen) atoms. The molecule has 166 valence electrons. The van der Waals surface area contributed by atoms with E-state index in [9.17, 15) is 9.59 Å². The number of aryl methyl sites for hydroxylation is 1. The van der Waals surface area contributed by atoms with Crippen LogP contribution in [-0.2, 0) is 16.0 Å². The van der Waals surface area contributed by atoms with Gasteiger partial charge in [0.15, 0.2) is 0 Å². The molecule has 1 aliphatic heterocycles. The number of amides is 2. The van der Waals surface area contributed by atoms with E-state index in [4.69, 9.17) is 9.47 Å². The Morgan fingerprint density at radius 2 is 1.90 bits per heavy atom. The highest BCUT2D eigenvalue weighted by atomic mass is 16.5. The van der Waals surface area contributed by atoms with Gasteiger partial charge in [-0.3, -0.25) is 14.5 Å². The van der Waals surface area contributed by atoms with E-state index in [2.05, 4.69) is 15.5 Å². The first-order valence-electron chi connectivity index (χ1n) is 10.7. The Balaban J connectivity index is 1.56. The van der Waals surface area contributed by atoms with Gasteiger partial charge in [-0.25, -0.2) is 0 Å². The number of hydrogen-bond donors (Lipinski definition) is 2. The Hall–Kier alpha value is -3.06.